The van der Waals surface area contributed by atoms with Crippen LogP contribution in [0.1, 0.15) is 32.1 Å². The minimum Gasteiger partial charge on any atom is -0.316 e. The molecule has 0 spiro atoms. The van der Waals surface area contributed by atoms with E-state index in [1.54, 1.807) is 4.31 Å². The van der Waals surface area contributed by atoms with Crippen LogP contribution in [0.25, 0.3) is 0 Å². The summed E-state index contributed by atoms with van der Waals surface area (Å²) in [5.41, 5.74) is 0. The molecule has 2 rings (SSSR count). The summed E-state index contributed by atoms with van der Waals surface area (Å²) in [6.07, 6.45) is 5.40. The van der Waals surface area contributed by atoms with E-state index >= 15 is 0 Å². The number of nitrogens with one attached hydrogen (secondary N) is 1. The van der Waals surface area contributed by atoms with Gasteiger partial charge in [0.05, 0.1) is 5.75 Å². The summed E-state index contributed by atoms with van der Waals surface area (Å²) in [5, 5.41) is 3.28. The molecule has 1 atom stereocenters. The highest BCUT2D eigenvalue weighted by Gasteiger charge is 2.27. The average Bonchev–Trinajstić information content (AvgIpc) is 2.31. The monoisotopic (exact) mass is 246 g/mol. The van der Waals surface area contributed by atoms with Crippen molar-refractivity contribution in [3.8, 4) is 0 Å². The Balaban J connectivity index is 1.90. The molecule has 0 aliphatic carbocycles. The summed E-state index contributed by atoms with van der Waals surface area (Å²) >= 11 is 0. The van der Waals surface area contributed by atoms with E-state index in [-0.39, 0.29) is 0 Å². The second kappa shape index (κ2) is 5.47. The predicted octanol–water partition coefficient (Wildman–Crippen LogP) is 0.802. The molecule has 0 aromatic carbocycles. The van der Waals surface area contributed by atoms with Gasteiger partial charge in [-0.3, -0.25) is 0 Å². The molecule has 2 heterocycles. The maximum absolute atomic E-state index is 12.2. The van der Waals surface area contributed by atoms with E-state index in [1.807, 2.05) is 0 Å². The van der Waals surface area contributed by atoms with Crippen molar-refractivity contribution in [3.63, 3.8) is 0 Å². The molecule has 2 fully saturated rings. The minimum absolute atomic E-state index is 0.320. The van der Waals surface area contributed by atoms with E-state index < -0.39 is 10.0 Å². The highest BCUT2D eigenvalue weighted by Crippen LogP contribution is 2.18. The molecule has 94 valence electrons. The number of piperidine rings is 2. The average molecular weight is 246 g/mol. The Hall–Kier alpha value is -0.130. The van der Waals surface area contributed by atoms with Gasteiger partial charge in [-0.2, -0.15) is 0 Å². The highest BCUT2D eigenvalue weighted by atomic mass is 32.2. The van der Waals surface area contributed by atoms with Gasteiger partial charge < -0.3 is 5.32 Å². The van der Waals surface area contributed by atoms with Crippen LogP contribution in [-0.4, -0.2) is 44.7 Å². The van der Waals surface area contributed by atoms with Crippen LogP contribution in [0, 0.1) is 5.92 Å². The van der Waals surface area contributed by atoms with E-state index in [0.717, 1.165) is 51.9 Å². The van der Waals surface area contributed by atoms with Crippen LogP contribution in [0.3, 0.4) is 0 Å². The van der Waals surface area contributed by atoms with Gasteiger partial charge in [0.15, 0.2) is 0 Å². The van der Waals surface area contributed by atoms with Gasteiger partial charge in [0.25, 0.3) is 0 Å². The van der Waals surface area contributed by atoms with Gasteiger partial charge in [0.1, 0.15) is 0 Å². The Morgan fingerprint density at radius 2 is 1.88 bits per heavy atom. The first kappa shape index (κ1) is 12.3. The third-order valence-corrected chi connectivity index (χ3v) is 5.60. The molecule has 16 heavy (non-hydrogen) atoms. The lowest BCUT2D eigenvalue weighted by molar-refractivity contribution is 0.336. The molecular formula is C11H22N2O2S. The van der Waals surface area contributed by atoms with E-state index in [9.17, 15) is 8.42 Å². The fourth-order valence-electron chi connectivity index (χ4n) is 2.61. The number of rotatable bonds is 3. The second-order valence-corrected chi connectivity index (χ2v) is 6.96. The SMILES string of the molecule is O=S(=O)(C[C@@H]1CCCNC1)N1CCCCC1. The summed E-state index contributed by atoms with van der Waals surface area (Å²) in [6.45, 7) is 3.39. The standard InChI is InChI=1S/C11H22N2O2S/c14-16(15,13-7-2-1-3-8-13)10-11-5-4-6-12-9-11/h11-12H,1-10H2/t11-/m1/s1. The molecule has 0 radical (unpaired) electrons. The molecule has 0 unspecified atom stereocenters. The molecule has 0 aromatic rings. The van der Waals surface area contributed by atoms with Crippen LogP contribution in [0.15, 0.2) is 0 Å². The number of sulfonamides is 1. The number of nitrogens with zero attached hydrogens (tertiary/aromatic N) is 1. The Kier molecular flexibility index (Phi) is 4.21. The topological polar surface area (TPSA) is 49.4 Å². The first-order valence-corrected chi connectivity index (χ1v) is 7.98. The van der Waals surface area contributed by atoms with Gasteiger partial charge in [-0.25, -0.2) is 12.7 Å². The molecule has 0 aromatic heterocycles. The van der Waals surface area contributed by atoms with Gasteiger partial charge >= 0.3 is 0 Å². The zero-order valence-corrected chi connectivity index (χ0v) is 10.6. The fourth-order valence-corrected chi connectivity index (χ4v) is 4.52. The Labute approximate surface area is 98.4 Å². The van der Waals surface area contributed by atoms with E-state index in [2.05, 4.69) is 5.32 Å². The highest BCUT2D eigenvalue weighted by molar-refractivity contribution is 7.89. The lowest BCUT2D eigenvalue weighted by Crippen LogP contribution is -2.41. The van der Waals surface area contributed by atoms with Crippen molar-refractivity contribution >= 4 is 10.0 Å². The van der Waals surface area contributed by atoms with Crippen LogP contribution in [0.4, 0.5) is 0 Å². The maximum atomic E-state index is 12.2. The second-order valence-electron chi connectivity index (χ2n) is 4.95. The molecule has 0 bridgehead atoms. The largest absolute Gasteiger partial charge is 0.316 e. The van der Waals surface area contributed by atoms with Crippen molar-refractivity contribution in [2.24, 2.45) is 5.92 Å². The quantitative estimate of drug-likeness (QED) is 0.801. The zero-order valence-electron chi connectivity index (χ0n) is 9.82. The zero-order chi connectivity index (χ0) is 11.4. The van der Waals surface area contributed by atoms with Crippen LogP contribution in [0.5, 0.6) is 0 Å². The molecular weight excluding hydrogens is 224 g/mol. The number of hydrogen-bond donors (Lipinski definition) is 1. The Bertz CT molecular complexity index is 304. The van der Waals surface area contributed by atoms with Crippen molar-refractivity contribution in [1.29, 1.82) is 0 Å². The molecule has 4 nitrogen and oxygen atoms in total. The van der Waals surface area contributed by atoms with Crippen molar-refractivity contribution in [1.82, 2.24) is 9.62 Å². The van der Waals surface area contributed by atoms with E-state index in [4.69, 9.17) is 0 Å². The first-order chi connectivity index (χ1) is 7.68. The maximum Gasteiger partial charge on any atom is 0.214 e. The fraction of sp³-hybridized carbons (Fsp3) is 1.00. The van der Waals surface area contributed by atoms with Gasteiger partial charge in [-0.1, -0.05) is 6.42 Å². The van der Waals surface area contributed by atoms with Crippen LogP contribution >= 0.6 is 0 Å². The first-order valence-electron chi connectivity index (χ1n) is 6.37. The summed E-state index contributed by atoms with van der Waals surface area (Å²) in [7, 11) is -2.99. The summed E-state index contributed by atoms with van der Waals surface area (Å²) in [4.78, 5) is 0. The summed E-state index contributed by atoms with van der Waals surface area (Å²) in [5.74, 6) is 0.667. The third-order valence-electron chi connectivity index (χ3n) is 3.55. The van der Waals surface area contributed by atoms with Gasteiger partial charge in [-0.15, -0.1) is 0 Å². The van der Waals surface area contributed by atoms with Crippen LogP contribution in [-0.2, 0) is 10.0 Å². The molecule has 2 aliphatic heterocycles. The van der Waals surface area contributed by atoms with Crippen molar-refractivity contribution in [2.75, 3.05) is 31.9 Å². The smallest absolute Gasteiger partial charge is 0.214 e. The Morgan fingerprint density at radius 3 is 2.50 bits per heavy atom. The summed E-state index contributed by atoms with van der Waals surface area (Å²) in [6, 6.07) is 0. The molecule has 2 aliphatic rings. The van der Waals surface area contributed by atoms with Gasteiger partial charge in [0.2, 0.25) is 10.0 Å². The minimum atomic E-state index is -2.99. The van der Waals surface area contributed by atoms with Crippen LogP contribution < -0.4 is 5.32 Å². The normalized spacial score (nSPS) is 29.1. The van der Waals surface area contributed by atoms with Crippen molar-refractivity contribution in [2.45, 2.75) is 32.1 Å². The predicted molar refractivity (Wildman–Crippen MR) is 64.8 cm³/mol. The lowest BCUT2D eigenvalue weighted by atomic mass is 10.0. The molecule has 0 amide bonds. The van der Waals surface area contributed by atoms with Gasteiger partial charge in [0, 0.05) is 13.1 Å². The van der Waals surface area contributed by atoms with Crippen LogP contribution in [0.2, 0.25) is 0 Å². The number of hydrogen-bond acceptors (Lipinski definition) is 3. The van der Waals surface area contributed by atoms with Crippen molar-refractivity contribution < 1.29 is 8.42 Å². The lowest BCUT2D eigenvalue weighted by Gasteiger charge is -2.29. The van der Waals surface area contributed by atoms with Crippen molar-refractivity contribution in [3.05, 3.63) is 0 Å². The third kappa shape index (κ3) is 3.18. The molecule has 1 N–H and O–H groups in total. The summed E-state index contributed by atoms with van der Waals surface area (Å²) < 4.78 is 26.0. The van der Waals surface area contributed by atoms with E-state index in [0.29, 0.717) is 11.7 Å². The molecule has 5 heteroatoms. The van der Waals surface area contributed by atoms with Gasteiger partial charge in [-0.05, 0) is 44.7 Å². The molecule has 0 saturated carbocycles. The molecule has 2 saturated heterocycles. The van der Waals surface area contributed by atoms with E-state index in [1.165, 1.54) is 6.42 Å². The Morgan fingerprint density at radius 1 is 1.12 bits per heavy atom.